The summed E-state index contributed by atoms with van der Waals surface area (Å²) in [4.78, 5) is 0. The Kier molecular flexibility index (Phi) is 6.22. The standard InChI is InChI=1S/C17H25NO2/c1-4-17(20,5-2)10-9-14-7-6-8-15(11-14)16(19)13(3)12-18/h6-8,11,13,16,19-20H,4-5,12,18H2,1-3H3. The summed E-state index contributed by atoms with van der Waals surface area (Å²) in [5, 5.41) is 20.3. The Hall–Kier alpha value is -1.34. The summed E-state index contributed by atoms with van der Waals surface area (Å²) in [6.07, 6.45) is 0.615. The molecule has 1 aromatic carbocycles. The van der Waals surface area contributed by atoms with Crippen LogP contribution in [0.1, 0.15) is 50.8 Å². The molecule has 0 saturated heterocycles. The van der Waals surface area contributed by atoms with Gasteiger partial charge in [-0.05, 0) is 43.0 Å². The Morgan fingerprint density at radius 1 is 1.30 bits per heavy atom. The SMILES string of the molecule is CCC(O)(C#Cc1cccc(C(O)C(C)CN)c1)CC. The van der Waals surface area contributed by atoms with E-state index in [4.69, 9.17) is 5.73 Å². The van der Waals surface area contributed by atoms with Gasteiger partial charge in [0, 0.05) is 5.56 Å². The summed E-state index contributed by atoms with van der Waals surface area (Å²) in [6, 6.07) is 7.47. The van der Waals surface area contributed by atoms with E-state index in [9.17, 15) is 10.2 Å². The molecule has 0 aromatic heterocycles. The highest BCUT2D eigenvalue weighted by molar-refractivity contribution is 5.39. The monoisotopic (exact) mass is 275 g/mol. The first-order chi connectivity index (χ1) is 9.45. The number of aliphatic hydroxyl groups is 2. The first-order valence-electron chi connectivity index (χ1n) is 7.19. The van der Waals surface area contributed by atoms with Gasteiger partial charge in [0.25, 0.3) is 0 Å². The fraction of sp³-hybridized carbons (Fsp3) is 0.529. The first kappa shape index (κ1) is 16.7. The van der Waals surface area contributed by atoms with E-state index in [1.165, 1.54) is 0 Å². The summed E-state index contributed by atoms with van der Waals surface area (Å²) >= 11 is 0. The van der Waals surface area contributed by atoms with Gasteiger partial charge in [0.1, 0.15) is 5.60 Å². The van der Waals surface area contributed by atoms with E-state index in [2.05, 4.69) is 11.8 Å². The highest BCUT2D eigenvalue weighted by atomic mass is 16.3. The Morgan fingerprint density at radius 2 is 1.95 bits per heavy atom. The Balaban J connectivity index is 2.97. The molecular formula is C17H25NO2. The minimum absolute atomic E-state index is 0.00132. The lowest BCUT2D eigenvalue weighted by atomic mass is 9.95. The van der Waals surface area contributed by atoms with Crippen LogP contribution >= 0.6 is 0 Å². The van der Waals surface area contributed by atoms with Crippen molar-refractivity contribution in [2.45, 2.75) is 45.3 Å². The van der Waals surface area contributed by atoms with Gasteiger partial charge in [0.05, 0.1) is 6.10 Å². The van der Waals surface area contributed by atoms with Crippen LogP contribution in [0, 0.1) is 17.8 Å². The lowest BCUT2D eigenvalue weighted by molar-refractivity contribution is 0.0931. The van der Waals surface area contributed by atoms with Gasteiger partial charge < -0.3 is 15.9 Å². The second-order valence-corrected chi connectivity index (χ2v) is 5.27. The minimum atomic E-state index is -0.931. The van der Waals surface area contributed by atoms with Gasteiger partial charge in [0.2, 0.25) is 0 Å². The molecule has 0 bridgehead atoms. The number of rotatable bonds is 5. The van der Waals surface area contributed by atoms with Crippen molar-refractivity contribution in [1.29, 1.82) is 0 Å². The maximum Gasteiger partial charge on any atom is 0.125 e. The molecule has 0 heterocycles. The van der Waals surface area contributed by atoms with E-state index in [1.807, 2.05) is 45.0 Å². The summed E-state index contributed by atoms with van der Waals surface area (Å²) in [7, 11) is 0. The highest BCUT2D eigenvalue weighted by Gasteiger charge is 2.18. The molecule has 0 aliphatic carbocycles. The summed E-state index contributed by atoms with van der Waals surface area (Å²) < 4.78 is 0. The molecule has 4 N–H and O–H groups in total. The number of aliphatic hydroxyl groups excluding tert-OH is 1. The average molecular weight is 275 g/mol. The van der Waals surface area contributed by atoms with E-state index in [0.717, 1.165) is 11.1 Å². The molecule has 1 aromatic rings. The molecule has 0 amide bonds. The summed E-state index contributed by atoms with van der Waals surface area (Å²) in [5.41, 5.74) is 6.26. The lowest BCUT2D eigenvalue weighted by Crippen LogP contribution is -2.23. The third-order valence-corrected chi connectivity index (χ3v) is 3.75. The lowest BCUT2D eigenvalue weighted by Gasteiger charge is -2.18. The Bertz CT molecular complexity index is 483. The fourth-order valence-electron chi connectivity index (χ4n) is 1.87. The molecule has 1 rings (SSSR count). The maximum absolute atomic E-state index is 10.2. The van der Waals surface area contributed by atoms with Crippen molar-refractivity contribution in [2.24, 2.45) is 11.7 Å². The van der Waals surface area contributed by atoms with Crippen LogP contribution in [0.2, 0.25) is 0 Å². The van der Waals surface area contributed by atoms with Crippen LogP contribution < -0.4 is 5.73 Å². The second-order valence-electron chi connectivity index (χ2n) is 5.27. The van der Waals surface area contributed by atoms with Crippen molar-refractivity contribution in [3.8, 4) is 11.8 Å². The van der Waals surface area contributed by atoms with Gasteiger partial charge in [-0.1, -0.05) is 44.7 Å². The molecule has 0 saturated carbocycles. The van der Waals surface area contributed by atoms with Crippen LogP contribution in [0.25, 0.3) is 0 Å². The van der Waals surface area contributed by atoms with Crippen LogP contribution in [0.15, 0.2) is 24.3 Å². The van der Waals surface area contributed by atoms with Gasteiger partial charge >= 0.3 is 0 Å². The molecule has 3 heteroatoms. The molecule has 3 nitrogen and oxygen atoms in total. The van der Waals surface area contributed by atoms with Gasteiger partial charge in [-0.25, -0.2) is 0 Å². The third kappa shape index (κ3) is 4.35. The van der Waals surface area contributed by atoms with Crippen LogP contribution in [0.5, 0.6) is 0 Å². The van der Waals surface area contributed by atoms with E-state index in [1.54, 1.807) is 0 Å². The zero-order valence-corrected chi connectivity index (χ0v) is 12.6. The smallest absolute Gasteiger partial charge is 0.125 e. The van der Waals surface area contributed by atoms with Crippen molar-refractivity contribution in [3.63, 3.8) is 0 Å². The predicted molar refractivity (Wildman–Crippen MR) is 82.0 cm³/mol. The van der Waals surface area contributed by atoms with Crippen molar-refractivity contribution < 1.29 is 10.2 Å². The van der Waals surface area contributed by atoms with E-state index in [-0.39, 0.29) is 5.92 Å². The van der Waals surface area contributed by atoms with Crippen LogP contribution in [-0.4, -0.2) is 22.4 Å². The number of hydrogen-bond donors (Lipinski definition) is 3. The Morgan fingerprint density at radius 3 is 2.50 bits per heavy atom. The van der Waals surface area contributed by atoms with E-state index >= 15 is 0 Å². The van der Waals surface area contributed by atoms with Gasteiger partial charge in [-0.2, -0.15) is 0 Å². The Labute approximate surface area is 121 Å². The molecular weight excluding hydrogens is 250 g/mol. The maximum atomic E-state index is 10.2. The molecule has 0 aliphatic heterocycles. The highest BCUT2D eigenvalue weighted by Crippen LogP contribution is 2.21. The molecule has 0 aliphatic rings. The first-order valence-corrected chi connectivity index (χ1v) is 7.19. The molecule has 110 valence electrons. The summed E-state index contributed by atoms with van der Waals surface area (Å²) in [5.74, 6) is 5.92. The zero-order valence-electron chi connectivity index (χ0n) is 12.6. The second kappa shape index (κ2) is 7.44. The van der Waals surface area contributed by atoms with E-state index in [0.29, 0.717) is 19.4 Å². The van der Waals surface area contributed by atoms with Crippen molar-refractivity contribution >= 4 is 0 Å². The van der Waals surface area contributed by atoms with Crippen molar-refractivity contribution in [1.82, 2.24) is 0 Å². The van der Waals surface area contributed by atoms with Gasteiger partial charge in [0.15, 0.2) is 0 Å². The number of hydrogen-bond acceptors (Lipinski definition) is 3. The van der Waals surface area contributed by atoms with Crippen LogP contribution in [-0.2, 0) is 0 Å². The molecule has 2 unspecified atom stereocenters. The molecule has 0 radical (unpaired) electrons. The van der Waals surface area contributed by atoms with Gasteiger partial charge in [-0.3, -0.25) is 0 Å². The largest absolute Gasteiger partial charge is 0.388 e. The number of benzene rings is 1. The normalized spacial score (nSPS) is 14.3. The van der Waals surface area contributed by atoms with Crippen LogP contribution in [0.3, 0.4) is 0 Å². The van der Waals surface area contributed by atoms with Crippen LogP contribution in [0.4, 0.5) is 0 Å². The summed E-state index contributed by atoms with van der Waals surface area (Å²) in [6.45, 7) is 6.18. The molecule has 0 fully saturated rings. The van der Waals surface area contributed by atoms with E-state index < -0.39 is 11.7 Å². The quantitative estimate of drug-likeness (QED) is 0.722. The van der Waals surface area contributed by atoms with Crippen molar-refractivity contribution in [2.75, 3.05) is 6.54 Å². The predicted octanol–water partition coefficient (Wildman–Crippen LogP) is 2.22. The third-order valence-electron chi connectivity index (χ3n) is 3.75. The van der Waals surface area contributed by atoms with Gasteiger partial charge in [-0.15, -0.1) is 0 Å². The topological polar surface area (TPSA) is 66.5 Å². The zero-order chi connectivity index (χ0) is 15.2. The number of nitrogens with two attached hydrogens (primary N) is 1. The molecule has 20 heavy (non-hydrogen) atoms. The molecule has 0 spiro atoms. The fourth-order valence-corrected chi connectivity index (χ4v) is 1.87. The molecule has 2 atom stereocenters. The van der Waals surface area contributed by atoms with Crippen molar-refractivity contribution in [3.05, 3.63) is 35.4 Å². The average Bonchev–Trinajstić information content (AvgIpc) is 2.51. The minimum Gasteiger partial charge on any atom is -0.388 e.